The Morgan fingerprint density at radius 3 is 1.00 bits per heavy atom. The molecule has 0 heterocycles. The number of phosphoric acid groups is 1. The fourth-order valence-electron chi connectivity index (χ4n) is 0.829. The molecule has 0 spiro atoms. The van der Waals surface area contributed by atoms with E-state index < -0.39 is 7.82 Å². The number of benzene rings is 2. The van der Waals surface area contributed by atoms with Gasteiger partial charge in [0.2, 0.25) is 0 Å². The van der Waals surface area contributed by atoms with E-state index in [-0.39, 0.29) is 0 Å². The van der Waals surface area contributed by atoms with Gasteiger partial charge in [-0.3, -0.25) is 0 Å². The molecule has 4 nitrogen and oxygen atoms in total. The maximum atomic E-state index is 8.88. The van der Waals surface area contributed by atoms with Crippen molar-refractivity contribution in [2.24, 2.45) is 0 Å². The van der Waals surface area contributed by atoms with E-state index in [1.165, 1.54) is 0 Å². The van der Waals surface area contributed by atoms with Crippen LogP contribution in [0.15, 0.2) is 60.7 Å². The van der Waals surface area contributed by atoms with E-state index in [9.17, 15) is 0 Å². The molecular formula is C12H13Cl2O4P. The predicted molar refractivity (Wildman–Crippen MR) is 77.2 cm³/mol. The second kappa shape index (κ2) is 9.98. The summed E-state index contributed by atoms with van der Waals surface area (Å²) in [5, 5.41) is 1.59. The van der Waals surface area contributed by atoms with Crippen LogP contribution in [0.2, 0.25) is 10.0 Å². The van der Waals surface area contributed by atoms with Crippen molar-refractivity contribution in [3.63, 3.8) is 0 Å². The highest BCUT2D eigenvalue weighted by molar-refractivity contribution is 7.45. The Hall–Kier alpha value is -0.870. The molecule has 0 radical (unpaired) electrons. The van der Waals surface area contributed by atoms with Gasteiger partial charge in [0.25, 0.3) is 0 Å². The second-order valence-electron chi connectivity index (χ2n) is 3.10. The van der Waals surface area contributed by atoms with Gasteiger partial charge in [-0.1, -0.05) is 59.6 Å². The van der Waals surface area contributed by atoms with Crippen molar-refractivity contribution in [3.8, 4) is 0 Å². The van der Waals surface area contributed by atoms with Gasteiger partial charge in [0.15, 0.2) is 0 Å². The van der Waals surface area contributed by atoms with Gasteiger partial charge in [0, 0.05) is 10.0 Å². The molecule has 104 valence electrons. The van der Waals surface area contributed by atoms with E-state index in [1.807, 2.05) is 60.7 Å². The van der Waals surface area contributed by atoms with Gasteiger partial charge >= 0.3 is 7.82 Å². The summed E-state index contributed by atoms with van der Waals surface area (Å²) in [6.07, 6.45) is 0. The van der Waals surface area contributed by atoms with E-state index in [2.05, 4.69) is 0 Å². The first-order valence-electron chi connectivity index (χ1n) is 4.98. The largest absolute Gasteiger partial charge is 0.466 e. The normalized spacial score (nSPS) is 9.53. The number of halogens is 2. The lowest BCUT2D eigenvalue weighted by atomic mass is 10.4. The summed E-state index contributed by atoms with van der Waals surface area (Å²) in [5.41, 5.74) is 0. The van der Waals surface area contributed by atoms with E-state index in [0.717, 1.165) is 10.0 Å². The zero-order chi connectivity index (χ0) is 14.7. The second-order valence-corrected chi connectivity index (χ2v) is 5.00. The first kappa shape index (κ1) is 18.1. The van der Waals surface area contributed by atoms with Gasteiger partial charge in [-0.2, -0.15) is 0 Å². The van der Waals surface area contributed by atoms with E-state index in [0.29, 0.717) is 0 Å². The quantitative estimate of drug-likeness (QED) is 0.645. The molecule has 0 amide bonds. The van der Waals surface area contributed by atoms with Crippen LogP contribution in [0, 0.1) is 0 Å². The molecule has 0 fully saturated rings. The Morgan fingerprint density at radius 2 is 0.895 bits per heavy atom. The van der Waals surface area contributed by atoms with Gasteiger partial charge in [0.05, 0.1) is 0 Å². The molecule has 0 unspecified atom stereocenters. The molecule has 2 rings (SSSR count). The highest BCUT2D eigenvalue weighted by Crippen LogP contribution is 2.25. The minimum absolute atomic E-state index is 0.794. The molecule has 0 aliphatic carbocycles. The summed E-state index contributed by atoms with van der Waals surface area (Å²) in [6.45, 7) is 0. The average Bonchev–Trinajstić information content (AvgIpc) is 2.29. The van der Waals surface area contributed by atoms with Gasteiger partial charge in [-0.15, -0.1) is 0 Å². The van der Waals surface area contributed by atoms with Crippen LogP contribution in [0.1, 0.15) is 0 Å². The molecule has 0 bridgehead atoms. The van der Waals surface area contributed by atoms with Crippen molar-refractivity contribution < 1.29 is 19.2 Å². The van der Waals surface area contributed by atoms with Gasteiger partial charge in [-0.05, 0) is 24.3 Å². The topological polar surface area (TPSA) is 77.8 Å². The molecule has 0 aliphatic heterocycles. The van der Waals surface area contributed by atoms with Crippen LogP contribution in [0.4, 0.5) is 0 Å². The number of hydrogen-bond acceptors (Lipinski definition) is 1. The minimum atomic E-state index is -4.64. The summed E-state index contributed by atoms with van der Waals surface area (Å²) < 4.78 is 8.88. The average molecular weight is 323 g/mol. The van der Waals surface area contributed by atoms with Gasteiger partial charge in [0.1, 0.15) is 0 Å². The highest BCUT2D eigenvalue weighted by Gasteiger charge is 2.00. The van der Waals surface area contributed by atoms with Crippen molar-refractivity contribution in [2.45, 2.75) is 0 Å². The summed E-state index contributed by atoms with van der Waals surface area (Å²) in [7, 11) is -4.64. The van der Waals surface area contributed by atoms with Crippen LogP contribution in [0.5, 0.6) is 0 Å². The predicted octanol–water partition coefficient (Wildman–Crippen LogP) is 3.75. The van der Waals surface area contributed by atoms with Crippen molar-refractivity contribution >= 4 is 31.0 Å². The number of hydrogen-bond donors (Lipinski definition) is 3. The van der Waals surface area contributed by atoms with Gasteiger partial charge in [-0.25, -0.2) is 4.57 Å². The molecule has 3 N–H and O–H groups in total. The lowest BCUT2D eigenvalue weighted by molar-refractivity contribution is 0.275. The monoisotopic (exact) mass is 322 g/mol. The highest BCUT2D eigenvalue weighted by atomic mass is 35.5. The molecular weight excluding hydrogens is 310 g/mol. The third kappa shape index (κ3) is 17.1. The van der Waals surface area contributed by atoms with Crippen LogP contribution in [0.3, 0.4) is 0 Å². The lowest BCUT2D eigenvalue weighted by Gasteiger charge is -1.82. The van der Waals surface area contributed by atoms with Crippen LogP contribution in [-0.2, 0) is 4.57 Å². The fourth-order valence-corrected chi connectivity index (χ4v) is 1.12. The maximum absolute atomic E-state index is 8.88. The van der Waals surface area contributed by atoms with Crippen molar-refractivity contribution in [1.82, 2.24) is 0 Å². The Kier molecular flexibility index (Phi) is 9.53. The first-order valence-corrected chi connectivity index (χ1v) is 7.30. The summed E-state index contributed by atoms with van der Waals surface area (Å²) >= 11 is 11.1. The molecule has 0 saturated carbocycles. The van der Waals surface area contributed by atoms with Gasteiger partial charge < -0.3 is 14.7 Å². The summed E-state index contributed by atoms with van der Waals surface area (Å²) in [5.74, 6) is 0. The van der Waals surface area contributed by atoms with E-state index >= 15 is 0 Å². The molecule has 0 saturated heterocycles. The molecule has 19 heavy (non-hydrogen) atoms. The van der Waals surface area contributed by atoms with Crippen LogP contribution < -0.4 is 0 Å². The summed E-state index contributed by atoms with van der Waals surface area (Å²) in [6, 6.07) is 18.9. The number of rotatable bonds is 0. The van der Waals surface area contributed by atoms with Crippen LogP contribution in [0.25, 0.3) is 0 Å². The van der Waals surface area contributed by atoms with Crippen LogP contribution in [-0.4, -0.2) is 14.7 Å². The van der Waals surface area contributed by atoms with E-state index in [1.54, 1.807) is 0 Å². The zero-order valence-electron chi connectivity index (χ0n) is 9.73. The lowest BCUT2D eigenvalue weighted by Crippen LogP contribution is -1.66. The maximum Gasteiger partial charge on any atom is 0.466 e. The zero-order valence-corrected chi connectivity index (χ0v) is 12.1. The first-order chi connectivity index (χ1) is 8.79. The molecule has 0 aliphatic rings. The summed E-state index contributed by atoms with van der Waals surface area (Å²) in [4.78, 5) is 21.6. The fraction of sp³-hybridized carbons (Fsp3) is 0. The van der Waals surface area contributed by atoms with E-state index in [4.69, 9.17) is 42.4 Å². The third-order valence-corrected chi connectivity index (χ3v) is 1.97. The Bertz CT molecular complexity index is 442. The van der Waals surface area contributed by atoms with Crippen molar-refractivity contribution in [3.05, 3.63) is 70.7 Å². The third-order valence-electron chi connectivity index (χ3n) is 1.47. The molecule has 2 aromatic rings. The SMILES string of the molecule is Clc1ccccc1.Clc1ccccc1.O=P(O)(O)O. The Balaban J connectivity index is 0.000000261. The Labute approximate surface area is 121 Å². The molecule has 0 atom stereocenters. The standard InChI is InChI=1S/2C6H5Cl.H3O4P/c2*7-6-4-2-1-3-5-6;1-5(2,3)4/h2*1-5H;(H3,1,2,3,4). The molecule has 2 aromatic carbocycles. The van der Waals surface area contributed by atoms with Crippen molar-refractivity contribution in [2.75, 3.05) is 0 Å². The molecule has 0 aromatic heterocycles. The van der Waals surface area contributed by atoms with Crippen LogP contribution >= 0.6 is 31.0 Å². The Morgan fingerprint density at radius 1 is 0.684 bits per heavy atom. The molecule has 7 heteroatoms. The van der Waals surface area contributed by atoms with Crippen molar-refractivity contribution in [1.29, 1.82) is 0 Å². The minimum Gasteiger partial charge on any atom is -0.303 e. The smallest absolute Gasteiger partial charge is 0.303 e.